The molecular formula is C14H18O3. The Bertz CT molecular complexity index is 424. The van der Waals surface area contributed by atoms with E-state index in [0.717, 1.165) is 41.9 Å². The first-order valence-corrected chi connectivity index (χ1v) is 6.13. The zero-order valence-electron chi connectivity index (χ0n) is 10.4. The minimum atomic E-state index is 0.207. The van der Waals surface area contributed by atoms with E-state index in [9.17, 15) is 4.79 Å². The molecule has 0 aliphatic heterocycles. The monoisotopic (exact) mass is 234 g/mol. The van der Waals surface area contributed by atoms with Gasteiger partial charge in [0.05, 0.1) is 13.7 Å². The molecule has 0 atom stereocenters. The molecule has 3 heteroatoms. The summed E-state index contributed by atoms with van der Waals surface area (Å²) in [7, 11) is 1.63. The minimum absolute atomic E-state index is 0.207. The Hall–Kier alpha value is -1.51. The molecule has 2 rings (SSSR count). The second-order valence-corrected chi connectivity index (χ2v) is 4.25. The van der Waals surface area contributed by atoms with Crippen LogP contribution in [0, 0.1) is 0 Å². The summed E-state index contributed by atoms with van der Waals surface area (Å²) in [5.41, 5.74) is 1.80. The molecular weight excluding hydrogens is 216 g/mol. The van der Waals surface area contributed by atoms with Crippen LogP contribution in [0.25, 0.3) is 0 Å². The number of hydrogen-bond donors (Lipinski definition) is 0. The van der Waals surface area contributed by atoms with Crippen LogP contribution in [0.4, 0.5) is 0 Å². The van der Waals surface area contributed by atoms with Crippen LogP contribution in [0.1, 0.15) is 42.1 Å². The summed E-state index contributed by atoms with van der Waals surface area (Å²) in [5.74, 6) is 1.71. The number of Topliss-reactive ketones (excluding diaryl/α,β-unsaturated/α-hetero) is 1. The van der Waals surface area contributed by atoms with Crippen LogP contribution < -0.4 is 9.47 Å². The summed E-state index contributed by atoms with van der Waals surface area (Å²) in [4.78, 5) is 11.6. The Balaban J connectivity index is 2.26. The normalized spacial score (nSPS) is 13.6. The molecule has 0 saturated carbocycles. The van der Waals surface area contributed by atoms with Gasteiger partial charge < -0.3 is 9.47 Å². The van der Waals surface area contributed by atoms with E-state index in [-0.39, 0.29) is 5.78 Å². The number of hydrogen-bond acceptors (Lipinski definition) is 3. The topological polar surface area (TPSA) is 35.5 Å². The van der Waals surface area contributed by atoms with E-state index in [0.29, 0.717) is 13.0 Å². The van der Waals surface area contributed by atoms with E-state index in [4.69, 9.17) is 9.47 Å². The first-order chi connectivity index (χ1) is 8.27. The van der Waals surface area contributed by atoms with E-state index < -0.39 is 0 Å². The zero-order chi connectivity index (χ0) is 12.3. The van der Waals surface area contributed by atoms with Crippen LogP contribution in [-0.4, -0.2) is 19.5 Å². The standard InChI is InChI=1S/C14H18O3/c1-3-4-9-17-13-8-6-10-11(14(13)16-2)5-7-12(10)15/h6,8H,3-5,7,9H2,1-2H3. The van der Waals surface area contributed by atoms with Crippen molar-refractivity contribution in [1.82, 2.24) is 0 Å². The fraction of sp³-hybridized carbons (Fsp3) is 0.500. The number of ether oxygens (including phenoxy) is 2. The number of unbranched alkanes of at least 4 members (excludes halogenated alkanes) is 1. The van der Waals surface area contributed by atoms with Crippen LogP contribution in [0.2, 0.25) is 0 Å². The number of benzene rings is 1. The second kappa shape index (κ2) is 5.21. The predicted molar refractivity (Wildman–Crippen MR) is 66.0 cm³/mol. The number of carbonyl (C=O) groups excluding carboxylic acids is 1. The molecule has 0 unspecified atom stereocenters. The summed E-state index contributed by atoms with van der Waals surface area (Å²) in [6, 6.07) is 3.70. The van der Waals surface area contributed by atoms with Gasteiger partial charge in [0.2, 0.25) is 0 Å². The molecule has 3 nitrogen and oxygen atoms in total. The highest BCUT2D eigenvalue weighted by atomic mass is 16.5. The smallest absolute Gasteiger partial charge is 0.164 e. The van der Waals surface area contributed by atoms with Crippen LogP contribution in [0.15, 0.2) is 12.1 Å². The molecule has 1 aromatic rings. The molecule has 0 amide bonds. The third-order valence-electron chi connectivity index (χ3n) is 3.09. The van der Waals surface area contributed by atoms with Gasteiger partial charge in [-0.15, -0.1) is 0 Å². The maximum atomic E-state index is 11.6. The SMILES string of the molecule is CCCCOc1ccc2c(c1OC)CCC2=O. The van der Waals surface area contributed by atoms with Crippen molar-refractivity contribution in [3.8, 4) is 11.5 Å². The van der Waals surface area contributed by atoms with Crippen molar-refractivity contribution in [2.24, 2.45) is 0 Å². The fourth-order valence-corrected chi connectivity index (χ4v) is 2.15. The Labute approximate surface area is 102 Å². The number of ketones is 1. The lowest BCUT2D eigenvalue weighted by atomic mass is 10.1. The van der Waals surface area contributed by atoms with E-state index >= 15 is 0 Å². The molecule has 0 fully saturated rings. The van der Waals surface area contributed by atoms with Gasteiger partial charge in [-0.2, -0.15) is 0 Å². The Kier molecular flexibility index (Phi) is 3.67. The Morgan fingerprint density at radius 1 is 1.29 bits per heavy atom. The molecule has 0 radical (unpaired) electrons. The van der Waals surface area contributed by atoms with Crippen molar-refractivity contribution in [3.05, 3.63) is 23.3 Å². The summed E-state index contributed by atoms with van der Waals surface area (Å²) >= 11 is 0. The van der Waals surface area contributed by atoms with E-state index in [1.807, 2.05) is 12.1 Å². The third-order valence-corrected chi connectivity index (χ3v) is 3.09. The van der Waals surface area contributed by atoms with E-state index in [1.165, 1.54) is 0 Å². The van der Waals surface area contributed by atoms with Gasteiger partial charge in [0, 0.05) is 17.5 Å². The van der Waals surface area contributed by atoms with E-state index in [2.05, 4.69) is 6.92 Å². The number of rotatable bonds is 5. The second-order valence-electron chi connectivity index (χ2n) is 4.25. The molecule has 0 spiro atoms. The molecule has 0 N–H and O–H groups in total. The molecule has 0 heterocycles. The molecule has 1 aliphatic carbocycles. The minimum Gasteiger partial charge on any atom is -0.493 e. The predicted octanol–water partition coefficient (Wildman–Crippen LogP) is 3.00. The Morgan fingerprint density at radius 3 is 2.82 bits per heavy atom. The molecule has 1 aromatic carbocycles. The number of methoxy groups -OCH3 is 1. The highest BCUT2D eigenvalue weighted by Crippen LogP contribution is 2.38. The number of fused-ring (bicyclic) bond motifs is 1. The molecule has 17 heavy (non-hydrogen) atoms. The van der Waals surface area contributed by atoms with Gasteiger partial charge in [-0.1, -0.05) is 13.3 Å². The zero-order valence-corrected chi connectivity index (χ0v) is 10.4. The largest absolute Gasteiger partial charge is 0.493 e. The number of carbonyl (C=O) groups is 1. The highest BCUT2D eigenvalue weighted by molar-refractivity contribution is 6.01. The van der Waals surface area contributed by atoms with Crippen molar-refractivity contribution in [2.75, 3.05) is 13.7 Å². The maximum absolute atomic E-state index is 11.6. The average Bonchev–Trinajstić information content (AvgIpc) is 2.71. The lowest BCUT2D eigenvalue weighted by Crippen LogP contribution is -2.01. The van der Waals surface area contributed by atoms with Crippen LogP contribution in [-0.2, 0) is 6.42 Å². The maximum Gasteiger partial charge on any atom is 0.164 e. The van der Waals surface area contributed by atoms with Crippen molar-refractivity contribution in [3.63, 3.8) is 0 Å². The summed E-state index contributed by atoms with van der Waals surface area (Å²) in [6.45, 7) is 2.82. The molecule has 1 aliphatic rings. The fourth-order valence-electron chi connectivity index (χ4n) is 2.15. The van der Waals surface area contributed by atoms with Crippen molar-refractivity contribution in [1.29, 1.82) is 0 Å². The van der Waals surface area contributed by atoms with Crippen molar-refractivity contribution in [2.45, 2.75) is 32.6 Å². The van der Waals surface area contributed by atoms with Gasteiger partial charge in [0.25, 0.3) is 0 Å². The van der Waals surface area contributed by atoms with Crippen LogP contribution in [0.3, 0.4) is 0 Å². The van der Waals surface area contributed by atoms with Gasteiger partial charge in [-0.3, -0.25) is 4.79 Å². The van der Waals surface area contributed by atoms with Gasteiger partial charge in [-0.05, 0) is 25.0 Å². The van der Waals surface area contributed by atoms with Crippen LogP contribution in [0.5, 0.6) is 11.5 Å². The molecule has 0 saturated heterocycles. The van der Waals surface area contributed by atoms with Gasteiger partial charge in [0.15, 0.2) is 17.3 Å². The molecule has 92 valence electrons. The van der Waals surface area contributed by atoms with Gasteiger partial charge >= 0.3 is 0 Å². The summed E-state index contributed by atoms with van der Waals surface area (Å²) in [5, 5.41) is 0. The first kappa shape index (κ1) is 12.0. The molecule has 0 bridgehead atoms. The quantitative estimate of drug-likeness (QED) is 0.735. The first-order valence-electron chi connectivity index (χ1n) is 6.13. The Morgan fingerprint density at radius 2 is 2.12 bits per heavy atom. The third kappa shape index (κ3) is 2.28. The van der Waals surface area contributed by atoms with Crippen LogP contribution >= 0.6 is 0 Å². The van der Waals surface area contributed by atoms with Gasteiger partial charge in [0.1, 0.15) is 0 Å². The molecule has 0 aromatic heterocycles. The van der Waals surface area contributed by atoms with E-state index in [1.54, 1.807) is 7.11 Å². The lowest BCUT2D eigenvalue weighted by Gasteiger charge is -2.13. The highest BCUT2D eigenvalue weighted by Gasteiger charge is 2.25. The van der Waals surface area contributed by atoms with Crippen molar-refractivity contribution >= 4 is 5.78 Å². The van der Waals surface area contributed by atoms with Crippen molar-refractivity contribution < 1.29 is 14.3 Å². The summed E-state index contributed by atoms with van der Waals surface area (Å²) in [6.07, 6.45) is 3.48. The summed E-state index contributed by atoms with van der Waals surface area (Å²) < 4.78 is 11.1. The lowest BCUT2D eigenvalue weighted by molar-refractivity contribution is 0.0994. The van der Waals surface area contributed by atoms with Gasteiger partial charge in [-0.25, -0.2) is 0 Å². The average molecular weight is 234 g/mol.